The maximum atomic E-state index is 12.9. The van der Waals surface area contributed by atoms with Crippen LogP contribution in [0.3, 0.4) is 0 Å². The number of hydrogen-bond donors (Lipinski definition) is 0. The van der Waals surface area contributed by atoms with Crippen molar-refractivity contribution in [3.05, 3.63) is 29.6 Å². The number of aryl methyl sites for hydroxylation is 1. The normalized spacial score (nSPS) is 22.9. The first-order valence-corrected chi connectivity index (χ1v) is 5.02. The van der Waals surface area contributed by atoms with Crippen molar-refractivity contribution in [2.24, 2.45) is 0 Å². The maximum absolute atomic E-state index is 12.9. The second-order valence-electron chi connectivity index (χ2n) is 3.95. The third kappa shape index (κ3) is 2.29. The predicted molar refractivity (Wildman–Crippen MR) is 53.8 cm³/mol. The van der Waals surface area contributed by atoms with E-state index in [4.69, 9.17) is 0 Å². The van der Waals surface area contributed by atoms with Gasteiger partial charge < -0.3 is 0 Å². The second kappa shape index (κ2) is 4.05. The van der Waals surface area contributed by atoms with Crippen molar-refractivity contribution in [1.82, 2.24) is 9.88 Å². The van der Waals surface area contributed by atoms with Crippen molar-refractivity contribution in [3.8, 4) is 0 Å². The van der Waals surface area contributed by atoms with Gasteiger partial charge in [0.05, 0.1) is 5.69 Å². The number of pyridine rings is 1. The van der Waals surface area contributed by atoms with Crippen molar-refractivity contribution in [1.29, 1.82) is 0 Å². The number of likely N-dealkylation sites (tertiary alicyclic amines) is 1. The fourth-order valence-electron chi connectivity index (χ4n) is 1.75. The van der Waals surface area contributed by atoms with Gasteiger partial charge in [0.2, 0.25) is 0 Å². The van der Waals surface area contributed by atoms with E-state index in [-0.39, 0.29) is 0 Å². The predicted octanol–water partition coefficient (Wildman–Crippen LogP) is 1.93. The Balaban J connectivity index is 1.94. The molecule has 0 N–H and O–H groups in total. The van der Waals surface area contributed by atoms with Crippen molar-refractivity contribution in [2.75, 3.05) is 13.1 Å². The van der Waals surface area contributed by atoms with Gasteiger partial charge in [0.15, 0.2) is 0 Å². The summed E-state index contributed by atoms with van der Waals surface area (Å²) < 4.78 is 12.9. The number of halogens is 1. The number of rotatable bonds is 2. The number of aromatic nitrogens is 1. The Bertz CT molecular complexity index is 297. The van der Waals surface area contributed by atoms with Crippen LogP contribution in [0.4, 0.5) is 4.39 Å². The van der Waals surface area contributed by atoms with Crippen LogP contribution >= 0.6 is 0 Å². The fraction of sp³-hybridized carbons (Fsp3) is 0.545. The molecule has 0 aromatic carbocycles. The molecule has 2 nitrogen and oxygen atoms in total. The van der Waals surface area contributed by atoms with E-state index in [0.717, 1.165) is 18.8 Å². The van der Waals surface area contributed by atoms with Gasteiger partial charge in [0.1, 0.15) is 6.17 Å². The number of alkyl halides is 1. The molecule has 1 aliphatic rings. The molecule has 2 heterocycles. The summed E-state index contributed by atoms with van der Waals surface area (Å²) in [5, 5.41) is 0. The van der Waals surface area contributed by atoms with Crippen LogP contribution in [0.5, 0.6) is 0 Å². The Morgan fingerprint density at radius 3 is 3.00 bits per heavy atom. The summed E-state index contributed by atoms with van der Waals surface area (Å²) in [6.45, 7) is 4.22. The van der Waals surface area contributed by atoms with Crippen molar-refractivity contribution in [2.45, 2.75) is 26.1 Å². The first kappa shape index (κ1) is 9.59. The van der Waals surface area contributed by atoms with E-state index < -0.39 is 6.17 Å². The molecule has 0 unspecified atom stereocenters. The van der Waals surface area contributed by atoms with Gasteiger partial charge >= 0.3 is 0 Å². The number of hydrogen-bond acceptors (Lipinski definition) is 2. The van der Waals surface area contributed by atoms with E-state index >= 15 is 0 Å². The van der Waals surface area contributed by atoms with Crippen LogP contribution in [0.2, 0.25) is 0 Å². The van der Waals surface area contributed by atoms with Gasteiger partial charge in [0.25, 0.3) is 0 Å². The monoisotopic (exact) mass is 194 g/mol. The lowest BCUT2D eigenvalue weighted by atomic mass is 10.2. The fourth-order valence-corrected chi connectivity index (χ4v) is 1.75. The van der Waals surface area contributed by atoms with E-state index in [9.17, 15) is 4.39 Å². The number of nitrogens with zero attached hydrogens (tertiary/aromatic N) is 2. The minimum Gasteiger partial charge on any atom is -0.295 e. The van der Waals surface area contributed by atoms with Crippen LogP contribution in [0.1, 0.15) is 17.7 Å². The molecular formula is C11H15FN2. The van der Waals surface area contributed by atoms with Crippen LogP contribution in [-0.2, 0) is 6.54 Å². The maximum Gasteiger partial charge on any atom is 0.114 e. The standard InChI is InChI=1S/C11H15FN2/c1-9-2-3-11(13-6-9)8-14-5-4-10(12)7-14/h2-3,6,10H,4-5,7-8H2,1H3/t10-/m0/s1. The van der Waals surface area contributed by atoms with Gasteiger partial charge in [-0.3, -0.25) is 9.88 Å². The quantitative estimate of drug-likeness (QED) is 0.715. The first-order chi connectivity index (χ1) is 6.74. The largest absolute Gasteiger partial charge is 0.295 e. The Kier molecular flexibility index (Phi) is 2.77. The van der Waals surface area contributed by atoms with Gasteiger partial charge in [-0.2, -0.15) is 0 Å². The highest BCUT2D eigenvalue weighted by Gasteiger charge is 2.21. The highest BCUT2D eigenvalue weighted by Crippen LogP contribution is 2.14. The van der Waals surface area contributed by atoms with Crippen LogP contribution in [-0.4, -0.2) is 29.1 Å². The molecule has 0 amide bonds. The second-order valence-corrected chi connectivity index (χ2v) is 3.95. The van der Waals surface area contributed by atoms with Gasteiger partial charge in [0, 0.05) is 25.8 Å². The Morgan fingerprint density at radius 2 is 2.43 bits per heavy atom. The lowest BCUT2D eigenvalue weighted by Gasteiger charge is -2.13. The van der Waals surface area contributed by atoms with E-state index in [1.807, 2.05) is 25.3 Å². The lowest BCUT2D eigenvalue weighted by Crippen LogP contribution is -2.20. The average molecular weight is 194 g/mol. The molecule has 1 aliphatic heterocycles. The van der Waals surface area contributed by atoms with Crippen molar-refractivity contribution in [3.63, 3.8) is 0 Å². The molecule has 0 bridgehead atoms. The SMILES string of the molecule is Cc1ccc(CN2CC[C@H](F)C2)nc1. The van der Waals surface area contributed by atoms with Crippen LogP contribution < -0.4 is 0 Å². The summed E-state index contributed by atoms with van der Waals surface area (Å²) in [7, 11) is 0. The highest BCUT2D eigenvalue weighted by molar-refractivity contribution is 5.12. The topological polar surface area (TPSA) is 16.1 Å². The third-order valence-corrected chi connectivity index (χ3v) is 2.57. The van der Waals surface area contributed by atoms with Gasteiger partial charge in [-0.05, 0) is 25.0 Å². The molecule has 3 heteroatoms. The average Bonchev–Trinajstić information content (AvgIpc) is 2.56. The summed E-state index contributed by atoms with van der Waals surface area (Å²) in [5.74, 6) is 0. The molecule has 1 saturated heterocycles. The zero-order valence-electron chi connectivity index (χ0n) is 8.41. The zero-order chi connectivity index (χ0) is 9.97. The molecule has 0 aliphatic carbocycles. The third-order valence-electron chi connectivity index (χ3n) is 2.57. The molecule has 1 fully saturated rings. The smallest absolute Gasteiger partial charge is 0.114 e. The molecule has 1 atom stereocenters. The summed E-state index contributed by atoms with van der Waals surface area (Å²) >= 11 is 0. The molecule has 0 saturated carbocycles. The summed E-state index contributed by atoms with van der Waals surface area (Å²) in [5.41, 5.74) is 2.20. The lowest BCUT2D eigenvalue weighted by molar-refractivity contribution is 0.280. The molecule has 1 aromatic rings. The van der Waals surface area contributed by atoms with Crippen molar-refractivity contribution < 1.29 is 4.39 Å². The molecule has 0 spiro atoms. The summed E-state index contributed by atoms with van der Waals surface area (Å²) in [4.78, 5) is 6.42. The van der Waals surface area contributed by atoms with Gasteiger partial charge in [-0.15, -0.1) is 0 Å². The Morgan fingerprint density at radius 1 is 1.57 bits per heavy atom. The van der Waals surface area contributed by atoms with Crippen LogP contribution in [0, 0.1) is 6.92 Å². The van der Waals surface area contributed by atoms with E-state index in [1.54, 1.807) is 0 Å². The van der Waals surface area contributed by atoms with Crippen molar-refractivity contribution >= 4 is 0 Å². The van der Waals surface area contributed by atoms with Crippen LogP contribution in [0.15, 0.2) is 18.3 Å². The first-order valence-electron chi connectivity index (χ1n) is 5.02. The molecule has 0 radical (unpaired) electrons. The Hall–Kier alpha value is -0.960. The minimum atomic E-state index is -0.638. The molecule has 14 heavy (non-hydrogen) atoms. The highest BCUT2D eigenvalue weighted by atomic mass is 19.1. The van der Waals surface area contributed by atoms with E-state index in [0.29, 0.717) is 13.0 Å². The molecule has 1 aromatic heterocycles. The molecular weight excluding hydrogens is 179 g/mol. The van der Waals surface area contributed by atoms with E-state index in [2.05, 4.69) is 9.88 Å². The van der Waals surface area contributed by atoms with E-state index in [1.165, 1.54) is 5.56 Å². The minimum absolute atomic E-state index is 0.565. The van der Waals surface area contributed by atoms with Gasteiger partial charge in [-0.1, -0.05) is 6.07 Å². The molecule has 2 rings (SSSR count). The Labute approximate surface area is 83.8 Å². The summed E-state index contributed by atoms with van der Waals surface area (Å²) in [6, 6.07) is 4.06. The molecule has 76 valence electrons. The van der Waals surface area contributed by atoms with Crippen LogP contribution in [0.25, 0.3) is 0 Å². The zero-order valence-corrected chi connectivity index (χ0v) is 8.41. The summed E-state index contributed by atoms with van der Waals surface area (Å²) in [6.07, 6.45) is 1.89. The van der Waals surface area contributed by atoms with Gasteiger partial charge in [-0.25, -0.2) is 4.39 Å².